The number of hydrogen-bond donors (Lipinski definition) is 0. The summed E-state index contributed by atoms with van der Waals surface area (Å²) in [6.45, 7) is 2.63. The Morgan fingerprint density at radius 3 is 2.77 bits per heavy atom. The third-order valence-corrected chi connectivity index (χ3v) is 4.98. The summed E-state index contributed by atoms with van der Waals surface area (Å²) >= 11 is 0. The molecule has 0 N–H and O–H groups in total. The molecule has 1 aromatic carbocycles. The molecule has 2 aromatic rings. The van der Waals surface area contributed by atoms with Crippen LogP contribution in [0.1, 0.15) is 22.5 Å². The number of fused-ring (bicyclic) bond motifs is 3. The number of hydrogen-bond acceptors (Lipinski definition) is 4. The van der Waals surface area contributed by atoms with Crippen molar-refractivity contribution in [3.05, 3.63) is 71.3 Å². The molecule has 26 heavy (non-hydrogen) atoms. The molecule has 1 aliphatic carbocycles. The van der Waals surface area contributed by atoms with Crippen LogP contribution in [0, 0.1) is 6.92 Å². The average Bonchev–Trinajstić information content (AvgIpc) is 2.95. The van der Waals surface area contributed by atoms with E-state index in [2.05, 4.69) is 51.5 Å². The second kappa shape index (κ2) is 5.62. The molecule has 6 nitrogen and oxygen atoms in total. The Morgan fingerprint density at radius 1 is 1.19 bits per heavy atom. The second-order valence-corrected chi connectivity index (χ2v) is 6.55. The fraction of sp³-hybridized carbons (Fsp3) is 0.200. The van der Waals surface area contributed by atoms with Gasteiger partial charge in [-0.3, -0.25) is 9.79 Å². The maximum atomic E-state index is 12.6. The third kappa shape index (κ3) is 2.26. The van der Waals surface area contributed by atoms with Crippen LogP contribution in [-0.4, -0.2) is 44.5 Å². The molecule has 0 bridgehead atoms. The lowest BCUT2D eigenvalue weighted by Gasteiger charge is -2.32. The van der Waals surface area contributed by atoms with E-state index < -0.39 is 0 Å². The highest BCUT2D eigenvalue weighted by atomic mass is 16.2. The van der Waals surface area contributed by atoms with Gasteiger partial charge in [0.25, 0.3) is 0 Å². The van der Waals surface area contributed by atoms with Crippen LogP contribution < -0.4 is 0 Å². The van der Waals surface area contributed by atoms with Crippen LogP contribution in [0.25, 0.3) is 11.3 Å². The number of carbonyl (C=O) groups is 1. The van der Waals surface area contributed by atoms with Crippen LogP contribution in [0.5, 0.6) is 0 Å². The molecule has 5 rings (SSSR count). The summed E-state index contributed by atoms with van der Waals surface area (Å²) in [6, 6.07) is 6.29. The molecule has 0 saturated carbocycles. The van der Waals surface area contributed by atoms with E-state index in [1.54, 1.807) is 11.0 Å². The predicted octanol–water partition coefficient (Wildman–Crippen LogP) is 2.23. The monoisotopic (exact) mass is 343 g/mol. The Labute approximate surface area is 150 Å². The summed E-state index contributed by atoms with van der Waals surface area (Å²) in [5.41, 5.74) is 5.77. The number of rotatable bonds is 1. The van der Waals surface area contributed by atoms with E-state index in [0.29, 0.717) is 18.2 Å². The summed E-state index contributed by atoms with van der Waals surface area (Å²) in [4.78, 5) is 23.1. The standard InChI is InChI=1S/C20H17N5O/c1-13-22-12-25(23-13)19-10-18-17-7-3-6-15(14-4-2-5-14)16(17)8-9-24(18)20(26)11-21-19/h2-7,10,12H,8-9,11H2,1H3. The minimum Gasteiger partial charge on any atom is -0.310 e. The van der Waals surface area contributed by atoms with Gasteiger partial charge in [-0.1, -0.05) is 36.4 Å². The van der Waals surface area contributed by atoms with Gasteiger partial charge in [0.05, 0.1) is 5.70 Å². The largest absolute Gasteiger partial charge is 0.310 e. The van der Waals surface area contributed by atoms with Crippen molar-refractivity contribution in [1.82, 2.24) is 19.7 Å². The predicted molar refractivity (Wildman–Crippen MR) is 99.4 cm³/mol. The Balaban J connectivity index is 1.66. The molecule has 1 amide bonds. The van der Waals surface area contributed by atoms with E-state index in [4.69, 9.17) is 0 Å². The zero-order valence-electron chi connectivity index (χ0n) is 14.4. The zero-order valence-corrected chi connectivity index (χ0v) is 14.4. The van der Waals surface area contributed by atoms with Crippen LogP contribution in [0.2, 0.25) is 0 Å². The number of aliphatic imine (C=N–C) groups is 1. The van der Waals surface area contributed by atoms with Gasteiger partial charge in [0.2, 0.25) is 5.91 Å². The van der Waals surface area contributed by atoms with E-state index in [-0.39, 0.29) is 12.5 Å². The lowest BCUT2D eigenvalue weighted by atomic mass is 9.86. The van der Waals surface area contributed by atoms with E-state index in [9.17, 15) is 4.79 Å². The summed E-state index contributed by atoms with van der Waals surface area (Å²) in [5.74, 6) is 1.33. The van der Waals surface area contributed by atoms with E-state index >= 15 is 0 Å². The number of nitrogens with zero attached hydrogens (tertiary/aromatic N) is 5. The Hall–Kier alpha value is -3.28. The molecular weight excluding hydrogens is 326 g/mol. The molecule has 6 heteroatoms. The highest BCUT2D eigenvalue weighted by Crippen LogP contribution is 2.36. The first-order valence-corrected chi connectivity index (χ1v) is 8.67. The Morgan fingerprint density at radius 2 is 2.04 bits per heavy atom. The van der Waals surface area contributed by atoms with Crippen LogP contribution in [0.3, 0.4) is 0 Å². The Kier molecular flexibility index (Phi) is 3.25. The van der Waals surface area contributed by atoms with Crippen LogP contribution >= 0.6 is 0 Å². The molecule has 0 spiro atoms. The number of benzene rings is 1. The maximum absolute atomic E-state index is 12.6. The summed E-state index contributed by atoms with van der Waals surface area (Å²) in [6.07, 6.45) is 10.7. The van der Waals surface area contributed by atoms with Crippen molar-refractivity contribution in [3.8, 4) is 0 Å². The van der Waals surface area contributed by atoms with Gasteiger partial charge < -0.3 is 4.90 Å². The summed E-state index contributed by atoms with van der Waals surface area (Å²) in [7, 11) is 0. The lowest BCUT2D eigenvalue weighted by molar-refractivity contribution is -0.126. The Bertz CT molecular complexity index is 1050. The van der Waals surface area contributed by atoms with Crippen molar-refractivity contribution in [3.63, 3.8) is 0 Å². The molecule has 0 atom stereocenters. The number of allylic oxidation sites excluding steroid dienone is 5. The van der Waals surface area contributed by atoms with Crippen molar-refractivity contribution in [2.45, 2.75) is 13.3 Å². The lowest BCUT2D eigenvalue weighted by Crippen LogP contribution is -2.36. The number of aromatic nitrogens is 3. The molecule has 3 heterocycles. The minimum absolute atomic E-state index is 0.0156. The number of amides is 1. The normalized spacial score (nSPS) is 18.3. The molecule has 1 aromatic heterocycles. The topological polar surface area (TPSA) is 63.4 Å². The van der Waals surface area contributed by atoms with Crippen molar-refractivity contribution >= 4 is 23.0 Å². The minimum atomic E-state index is 0.0156. The first kappa shape index (κ1) is 15.0. The molecular formula is C20H17N5O. The number of aryl methyl sites for hydroxylation is 1. The molecule has 0 unspecified atom stereocenters. The SMILES string of the molecule is Cc1ncn(C2=NCC(=O)N3CCc4c(C5=CC=C5)cccc4C3=C2)n1. The van der Waals surface area contributed by atoms with Crippen molar-refractivity contribution < 1.29 is 4.79 Å². The van der Waals surface area contributed by atoms with E-state index in [1.807, 2.05) is 17.9 Å². The van der Waals surface area contributed by atoms with E-state index in [1.165, 1.54) is 16.7 Å². The molecule has 0 radical (unpaired) electrons. The van der Waals surface area contributed by atoms with Gasteiger partial charge in [-0.25, -0.2) is 9.67 Å². The van der Waals surface area contributed by atoms with Gasteiger partial charge in [-0.05, 0) is 30.0 Å². The molecule has 0 saturated heterocycles. The van der Waals surface area contributed by atoms with Crippen LogP contribution in [-0.2, 0) is 11.2 Å². The average molecular weight is 343 g/mol. The van der Waals surface area contributed by atoms with Gasteiger partial charge in [-0.2, -0.15) is 5.10 Å². The van der Waals surface area contributed by atoms with Crippen molar-refractivity contribution in [1.29, 1.82) is 0 Å². The maximum Gasteiger partial charge on any atom is 0.248 e. The molecule has 2 aliphatic heterocycles. The quantitative estimate of drug-likeness (QED) is 0.798. The van der Waals surface area contributed by atoms with Crippen LogP contribution in [0.4, 0.5) is 0 Å². The molecule has 0 fully saturated rings. The fourth-order valence-corrected chi connectivity index (χ4v) is 3.64. The zero-order chi connectivity index (χ0) is 17.7. The van der Waals surface area contributed by atoms with Crippen molar-refractivity contribution in [2.24, 2.45) is 4.99 Å². The van der Waals surface area contributed by atoms with Gasteiger partial charge >= 0.3 is 0 Å². The van der Waals surface area contributed by atoms with Gasteiger partial charge in [0, 0.05) is 18.2 Å². The second-order valence-electron chi connectivity index (χ2n) is 6.55. The highest BCUT2D eigenvalue weighted by molar-refractivity contribution is 6.06. The van der Waals surface area contributed by atoms with Gasteiger partial charge in [0.1, 0.15) is 18.7 Å². The van der Waals surface area contributed by atoms with Crippen molar-refractivity contribution in [2.75, 3.05) is 13.1 Å². The van der Waals surface area contributed by atoms with Gasteiger partial charge in [0.15, 0.2) is 5.84 Å². The summed E-state index contributed by atoms with van der Waals surface area (Å²) in [5, 5.41) is 4.34. The van der Waals surface area contributed by atoms with Crippen LogP contribution in [0.15, 0.2) is 53.8 Å². The molecule has 128 valence electrons. The number of carbonyl (C=O) groups excluding carboxylic acids is 1. The smallest absolute Gasteiger partial charge is 0.248 e. The summed E-state index contributed by atoms with van der Waals surface area (Å²) < 4.78 is 1.63. The highest BCUT2D eigenvalue weighted by Gasteiger charge is 2.30. The fourth-order valence-electron chi connectivity index (χ4n) is 3.64. The molecule has 3 aliphatic rings. The third-order valence-electron chi connectivity index (χ3n) is 4.98. The van der Waals surface area contributed by atoms with E-state index in [0.717, 1.165) is 17.7 Å². The first-order chi connectivity index (χ1) is 12.7. The first-order valence-electron chi connectivity index (χ1n) is 8.67. The van der Waals surface area contributed by atoms with Gasteiger partial charge in [-0.15, -0.1) is 0 Å².